The molecule has 0 spiro atoms. The largest absolute Gasteiger partial charge is 0.417 e. The number of nitrogens with two attached hydrogens (primary N) is 1. The van der Waals surface area contributed by atoms with E-state index in [-0.39, 0.29) is 22.5 Å². The maximum Gasteiger partial charge on any atom is 0.417 e. The predicted octanol–water partition coefficient (Wildman–Crippen LogP) is 3.95. The number of alkyl halides is 3. The van der Waals surface area contributed by atoms with Gasteiger partial charge in [0.2, 0.25) is 0 Å². The maximum atomic E-state index is 13.3. The molecular formula is C14H8ClF3N4. The molecule has 3 aromatic rings. The molecule has 2 heterocycles. The SMILES string of the molecule is Nc1ncnc2nc(-c3ccc(Cl)cc3)cc(C(F)(F)F)c12. The van der Waals surface area contributed by atoms with Crippen molar-refractivity contribution in [2.45, 2.75) is 6.18 Å². The van der Waals surface area contributed by atoms with Crippen LogP contribution in [0, 0.1) is 0 Å². The minimum absolute atomic E-state index is 0.104. The Kier molecular flexibility index (Phi) is 3.37. The van der Waals surface area contributed by atoms with E-state index >= 15 is 0 Å². The highest BCUT2D eigenvalue weighted by Gasteiger charge is 2.35. The van der Waals surface area contributed by atoms with Crippen LogP contribution in [0.4, 0.5) is 19.0 Å². The van der Waals surface area contributed by atoms with E-state index < -0.39 is 11.7 Å². The van der Waals surface area contributed by atoms with Gasteiger partial charge >= 0.3 is 6.18 Å². The summed E-state index contributed by atoms with van der Waals surface area (Å²) in [5.74, 6) is -0.257. The lowest BCUT2D eigenvalue weighted by molar-refractivity contribution is -0.136. The van der Waals surface area contributed by atoms with Crippen molar-refractivity contribution in [2.24, 2.45) is 0 Å². The second-order valence-corrected chi connectivity index (χ2v) is 4.95. The third-order valence-electron chi connectivity index (χ3n) is 3.08. The Morgan fingerprint density at radius 3 is 2.36 bits per heavy atom. The molecule has 0 saturated carbocycles. The van der Waals surface area contributed by atoms with E-state index in [2.05, 4.69) is 15.0 Å². The second-order valence-electron chi connectivity index (χ2n) is 4.52. The van der Waals surface area contributed by atoms with Gasteiger partial charge in [0, 0.05) is 10.6 Å². The van der Waals surface area contributed by atoms with E-state index in [4.69, 9.17) is 17.3 Å². The average molecular weight is 325 g/mol. The molecule has 0 aliphatic carbocycles. The Hall–Kier alpha value is -2.41. The van der Waals surface area contributed by atoms with Crippen molar-refractivity contribution in [3.05, 3.63) is 47.2 Å². The molecule has 0 atom stereocenters. The molecule has 0 aliphatic heterocycles. The van der Waals surface area contributed by atoms with E-state index in [1.165, 1.54) is 0 Å². The van der Waals surface area contributed by atoms with Gasteiger partial charge in [0.25, 0.3) is 0 Å². The number of hydrogen-bond acceptors (Lipinski definition) is 4. The van der Waals surface area contributed by atoms with Gasteiger partial charge in [-0.3, -0.25) is 0 Å². The number of anilines is 1. The predicted molar refractivity (Wildman–Crippen MR) is 77.2 cm³/mol. The Labute approximate surface area is 127 Å². The van der Waals surface area contributed by atoms with Crippen molar-refractivity contribution in [3.8, 4) is 11.3 Å². The van der Waals surface area contributed by atoms with Gasteiger partial charge in [0.15, 0.2) is 5.65 Å². The second kappa shape index (κ2) is 5.10. The molecule has 3 rings (SSSR count). The molecular weight excluding hydrogens is 317 g/mol. The van der Waals surface area contributed by atoms with Gasteiger partial charge < -0.3 is 5.73 Å². The molecule has 1 aromatic carbocycles. The molecule has 0 amide bonds. The third-order valence-corrected chi connectivity index (χ3v) is 3.33. The van der Waals surface area contributed by atoms with Crippen molar-refractivity contribution in [2.75, 3.05) is 5.73 Å². The summed E-state index contributed by atoms with van der Waals surface area (Å²) in [6, 6.07) is 7.25. The topological polar surface area (TPSA) is 64.7 Å². The van der Waals surface area contributed by atoms with Gasteiger partial charge in [-0.2, -0.15) is 13.2 Å². The van der Waals surface area contributed by atoms with Crippen molar-refractivity contribution < 1.29 is 13.2 Å². The quantitative estimate of drug-likeness (QED) is 0.736. The molecule has 112 valence electrons. The molecule has 0 saturated heterocycles. The van der Waals surface area contributed by atoms with Gasteiger partial charge in [-0.05, 0) is 18.2 Å². The lowest BCUT2D eigenvalue weighted by Crippen LogP contribution is -2.10. The lowest BCUT2D eigenvalue weighted by atomic mass is 10.1. The Balaban J connectivity index is 2.32. The van der Waals surface area contributed by atoms with Crippen molar-refractivity contribution in [3.63, 3.8) is 0 Å². The minimum atomic E-state index is -4.60. The molecule has 22 heavy (non-hydrogen) atoms. The third kappa shape index (κ3) is 2.55. The molecule has 0 radical (unpaired) electrons. The van der Waals surface area contributed by atoms with Gasteiger partial charge in [-0.15, -0.1) is 0 Å². The van der Waals surface area contributed by atoms with Crippen LogP contribution in [0.2, 0.25) is 5.02 Å². The zero-order chi connectivity index (χ0) is 15.9. The molecule has 0 bridgehead atoms. The van der Waals surface area contributed by atoms with Crippen LogP contribution in [-0.4, -0.2) is 15.0 Å². The van der Waals surface area contributed by atoms with Crippen LogP contribution >= 0.6 is 11.6 Å². The summed E-state index contributed by atoms with van der Waals surface area (Å²) < 4.78 is 39.9. The van der Waals surface area contributed by atoms with Crippen molar-refractivity contribution in [1.82, 2.24) is 15.0 Å². The highest BCUT2D eigenvalue weighted by Crippen LogP contribution is 2.37. The zero-order valence-electron chi connectivity index (χ0n) is 10.9. The van der Waals surface area contributed by atoms with Gasteiger partial charge in [0.05, 0.1) is 16.6 Å². The average Bonchev–Trinajstić information content (AvgIpc) is 2.46. The highest BCUT2D eigenvalue weighted by atomic mass is 35.5. The highest BCUT2D eigenvalue weighted by molar-refractivity contribution is 6.30. The smallest absolute Gasteiger partial charge is 0.383 e. The van der Waals surface area contributed by atoms with Gasteiger partial charge in [-0.25, -0.2) is 15.0 Å². The van der Waals surface area contributed by atoms with Crippen molar-refractivity contribution >= 4 is 28.5 Å². The summed E-state index contributed by atoms with van der Waals surface area (Å²) in [7, 11) is 0. The van der Waals surface area contributed by atoms with Crippen LogP contribution in [0.3, 0.4) is 0 Å². The van der Waals surface area contributed by atoms with Crippen LogP contribution in [0.15, 0.2) is 36.7 Å². The normalized spacial score (nSPS) is 11.8. The summed E-state index contributed by atoms with van der Waals surface area (Å²) in [6.07, 6.45) is -3.52. The van der Waals surface area contributed by atoms with Crippen LogP contribution in [0.1, 0.15) is 5.56 Å². The monoisotopic (exact) mass is 324 g/mol. The number of nitrogens with zero attached hydrogens (tertiary/aromatic N) is 3. The Bertz CT molecular complexity index is 847. The van der Waals surface area contributed by atoms with Gasteiger partial charge in [0.1, 0.15) is 12.1 Å². The van der Waals surface area contributed by atoms with Gasteiger partial charge in [-0.1, -0.05) is 23.7 Å². The molecule has 0 aliphatic rings. The van der Waals surface area contributed by atoms with E-state index in [1.54, 1.807) is 24.3 Å². The number of hydrogen-bond donors (Lipinski definition) is 1. The molecule has 4 nitrogen and oxygen atoms in total. The van der Waals surface area contributed by atoms with E-state index in [1.807, 2.05) is 0 Å². The molecule has 2 N–H and O–H groups in total. The Morgan fingerprint density at radius 1 is 1.05 bits per heavy atom. The first-order valence-electron chi connectivity index (χ1n) is 6.10. The summed E-state index contributed by atoms with van der Waals surface area (Å²) in [5.41, 5.74) is 5.16. The molecule has 8 heteroatoms. The van der Waals surface area contributed by atoms with Crippen LogP contribution in [-0.2, 0) is 6.18 Å². The molecule has 2 aromatic heterocycles. The number of benzene rings is 1. The molecule has 0 fully saturated rings. The number of pyridine rings is 1. The first-order chi connectivity index (χ1) is 10.4. The van der Waals surface area contributed by atoms with E-state index in [0.29, 0.717) is 10.6 Å². The molecule has 0 unspecified atom stereocenters. The zero-order valence-corrected chi connectivity index (χ0v) is 11.7. The van der Waals surface area contributed by atoms with Crippen LogP contribution in [0.25, 0.3) is 22.3 Å². The maximum absolute atomic E-state index is 13.3. The first kappa shape index (κ1) is 14.5. The van der Waals surface area contributed by atoms with Crippen molar-refractivity contribution in [1.29, 1.82) is 0 Å². The fraction of sp³-hybridized carbons (Fsp3) is 0.0714. The van der Waals surface area contributed by atoms with Crippen LogP contribution in [0.5, 0.6) is 0 Å². The van der Waals surface area contributed by atoms with E-state index in [0.717, 1.165) is 12.4 Å². The summed E-state index contributed by atoms with van der Waals surface area (Å²) in [4.78, 5) is 11.5. The number of nitrogen functional groups attached to an aromatic ring is 1. The standard InChI is InChI=1S/C14H8ClF3N4/c15-8-3-1-7(2-4-8)10-5-9(14(16,17)18)11-12(19)20-6-21-13(11)22-10/h1-6H,(H2,19,20,21,22). The Morgan fingerprint density at radius 2 is 1.73 bits per heavy atom. The fourth-order valence-corrected chi connectivity index (χ4v) is 2.21. The lowest BCUT2D eigenvalue weighted by Gasteiger charge is -2.13. The number of fused-ring (bicyclic) bond motifs is 1. The number of aromatic nitrogens is 3. The summed E-state index contributed by atoms with van der Waals surface area (Å²) in [6.45, 7) is 0. The first-order valence-corrected chi connectivity index (χ1v) is 6.48. The summed E-state index contributed by atoms with van der Waals surface area (Å²) >= 11 is 5.78. The van der Waals surface area contributed by atoms with Crippen LogP contribution < -0.4 is 5.73 Å². The summed E-state index contributed by atoms with van der Waals surface area (Å²) in [5, 5.41) is 0.180. The number of halogens is 4. The minimum Gasteiger partial charge on any atom is -0.383 e. The number of rotatable bonds is 1. The fourth-order valence-electron chi connectivity index (χ4n) is 2.08. The van der Waals surface area contributed by atoms with E-state index in [9.17, 15) is 13.2 Å².